The number of hydrogen-bond donors (Lipinski definition) is 0. The van der Waals surface area contributed by atoms with E-state index in [1.807, 2.05) is 0 Å². The summed E-state index contributed by atoms with van der Waals surface area (Å²) >= 11 is 0. The van der Waals surface area contributed by atoms with E-state index < -0.39 is 0 Å². The molecule has 0 saturated heterocycles. The highest BCUT2D eigenvalue weighted by Crippen LogP contribution is 2.51. The largest absolute Gasteiger partial charge is 0.456 e. The number of aryl methyl sites for hydroxylation is 1. The standard InChI is InChI=1S/C42H30O/c1-25-11-10-17-34-35-23-26(20-22-38(35)43-41(25)34)39-30-13-4-6-15-32(30)40(33-16-7-5-14-31(33)39)27-19-21-29-28-12-8-9-18-36(28)42(2,3)37(29)24-27/h4-24H,1-3H3. The molecule has 1 heterocycles. The normalized spacial score (nSPS) is 13.7. The van der Waals surface area contributed by atoms with Gasteiger partial charge in [-0.25, -0.2) is 0 Å². The molecule has 0 saturated carbocycles. The smallest absolute Gasteiger partial charge is 0.138 e. The third kappa shape index (κ3) is 3.34. The highest BCUT2D eigenvalue weighted by molar-refractivity contribution is 6.22. The van der Waals surface area contributed by atoms with Gasteiger partial charge in [-0.1, -0.05) is 123 Å². The number of furan rings is 1. The van der Waals surface area contributed by atoms with Crippen molar-refractivity contribution >= 4 is 43.5 Å². The van der Waals surface area contributed by atoms with Crippen molar-refractivity contribution in [3.8, 4) is 33.4 Å². The van der Waals surface area contributed by atoms with Gasteiger partial charge in [-0.15, -0.1) is 0 Å². The number of fused-ring (bicyclic) bond motifs is 8. The molecule has 1 aliphatic carbocycles. The molecule has 43 heavy (non-hydrogen) atoms. The molecule has 1 nitrogen and oxygen atoms in total. The van der Waals surface area contributed by atoms with Crippen LogP contribution in [-0.4, -0.2) is 0 Å². The second-order valence-corrected chi connectivity index (χ2v) is 12.5. The minimum absolute atomic E-state index is 0.0470. The Morgan fingerprint density at radius 1 is 0.465 bits per heavy atom. The summed E-state index contributed by atoms with van der Waals surface area (Å²) in [7, 11) is 0. The van der Waals surface area contributed by atoms with Crippen LogP contribution in [0.4, 0.5) is 0 Å². The lowest BCUT2D eigenvalue weighted by Gasteiger charge is -2.23. The van der Waals surface area contributed by atoms with E-state index in [9.17, 15) is 0 Å². The predicted octanol–water partition coefficient (Wildman–Crippen LogP) is 11.8. The molecule has 1 aliphatic rings. The van der Waals surface area contributed by atoms with Crippen LogP contribution >= 0.6 is 0 Å². The zero-order valence-electron chi connectivity index (χ0n) is 24.5. The molecule has 0 unspecified atom stereocenters. The average Bonchev–Trinajstić information content (AvgIpc) is 3.52. The van der Waals surface area contributed by atoms with Gasteiger partial charge < -0.3 is 4.42 Å². The minimum Gasteiger partial charge on any atom is -0.456 e. The number of benzene rings is 7. The summed E-state index contributed by atoms with van der Waals surface area (Å²) in [5.41, 5.74) is 13.6. The maximum Gasteiger partial charge on any atom is 0.138 e. The van der Waals surface area contributed by atoms with Crippen LogP contribution in [0, 0.1) is 6.92 Å². The molecule has 1 aromatic heterocycles. The van der Waals surface area contributed by atoms with E-state index in [1.165, 1.54) is 71.4 Å². The summed E-state index contributed by atoms with van der Waals surface area (Å²) < 4.78 is 6.30. The van der Waals surface area contributed by atoms with Crippen molar-refractivity contribution in [2.75, 3.05) is 0 Å². The van der Waals surface area contributed by atoms with Crippen LogP contribution in [0.1, 0.15) is 30.5 Å². The van der Waals surface area contributed by atoms with E-state index >= 15 is 0 Å². The Morgan fingerprint density at radius 3 is 1.72 bits per heavy atom. The quantitative estimate of drug-likeness (QED) is 0.195. The zero-order valence-corrected chi connectivity index (χ0v) is 24.5. The molecule has 0 atom stereocenters. The summed E-state index contributed by atoms with van der Waals surface area (Å²) in [6.45, 7) is 6.83. The molecule has 0 spiro atoms. The number of rotatable bonds is 2. The molecular weight excluding hydrogens is 520 g/mol. The first kappa shape index (κ1) is 24.5. The van der Waals surface area contributed by atoms with Gasteiger partial charge in [0.2, 0.25) is 0 Å². The second kappa shape index (κ2) is 8.69. The summed E-state index contributed by atoms with van der Waals surface area (Å²) in [6.07, 6.45) is 0. The van der Waals surface area contributed by atoms with Crippen LogP contribution in [0.25, 0.3) is 76.9 Å². The Labute approximate surface area is 251 Å². The monoisotopic (exact) mass is 550 g/mol. The Bertz CT molecular complexity index is 2380. The Morgan fingerprint density at radius 2 is 1.02 bits per heavy atom. The summed E-state index contributed by atoms with van der Waals surface area (Å²) in [4.78, 5) is 0. The fourth-order valence-corrected chi connectivity index (χ4v) is 7.71. The number of para-hydroxylation sites is 1. The third-order valence-corrected chi connectivity index (χ3v) is 9.79. The highest BCUT2D eigenvalue weighted by Gasteiger charge is 2.35. The predicted molar refractivity (Wildman–Crippen MR) is 182 cm³/mol. The van der Waals surface area contributed by atoms with Gasteiger partial charge in [0.05, 0.1) is 0 Å². The van der Waals surface area contributed by atoms with E-state index in [-0.39, 0.29) is 5.41 Å². The van der Waals surface area contributed by atoms with E-state index in [2.05, 4.69) is 148 Å². The Hall–Kier alpha value is -5.14. The third-order valence-electron chi connectivity index (χ3n) is 9.79. The first-order chi connectivity index (χ1) is 21.0. The van der Waals surface area contributed by atoms with Crippen molar-refractivity contribution in [1.82, 2.24) is 0 Å². The fraction of sp³-hybridized carbons (Fsp3) is 0.0952. The summed E-state index contributed by atoms with van der Waals surface area (Å²) in [5.74, 6) is 0. The van der Waals surface area contributed by atoms with Crippen LogP contribution in [0.5, 0.6) is 0 Å². The van der Waals surface area contributed by atoms with Gasteiger partial charge in [0, 0.05) is 16.2 Å². The van der Waals surface area contributed by atoms with Crippen LogP contribution in [0.3, 0.4) is 0 Å². The molecule has 9 rings (SSSR count). The van der Waals surface area contributed by atoms with Crippen LogP contribution in [0.2, 0.25) is 0 Å². The van der Waals surface area contributed by atoms with Gasteiger partial charge in [-0.2, -0.15) is 0 Å². The molecule has 1 heteroatoms. The van der Waals surface area contributed by atoms with E-state index in [4.69, 9.17) is 4.42 Å². The summed E-state index contributed by atoms with van der Waals surface area (Å²) in [5, 5.41) is 7.41. The molecule has 8 aromatic rings. The van der Waals surface area contributed by atoms with Crippen LogP contribution in [-0.2, 0) is 5.41 Å². The molecular formula is C42H30O. The van der Waals surface area contributed by atoms with Gasteiger partial charge in [-0.3, -0.25) is 0 Å². The van der Waals surface area contributed by atoms with Crippen LogP contribution < -0.4 is 0 Å². The minimum atomic E-state index is -0.0470. The van der Waals surface area contributed by atoms with Crippen molar-refractivity contribution < 1.29 is 4.42 Å². The van der Waals surface area contributed by atoms with Crippen molar-refractivity contribution in [2.24, 2.45) is 0 Å². The van der Waals surface area contributed by atoms with Crippen molar-refractivity contribution in [3.63, 3.8) is 0 Å². The van der Waals surface area contributed by atoms with E-state index in [0.29, 0.717) is 0 Å². The fourth-order valence-electron chi connectivity index (χ4n) is 7.71. The van der Waals surface area contributed by atoms with E-state index in [1.54, 1.807) is 0 Å². The Balaban J connectivity index is 1.34. The lowest BCUT2D eigenvalue weighted by atomic mass is 9.80. The van der Waals surface area contributed by atoms with Crippen molar-refractivity contribution in [2.45, 2.75) is 26.2 Å². The topological polar surface area (TPSA) is 13.1 Å². The lowest BCUT2D eigenvalue weighted by molar-refractivity contribution is 0.660. The maximum absolute atomic E-state index is 6.30. The maximum atomic E-state index is 6.30. The first-order valence-corrected chi connectivity index (χ1v) is 15.1. The SMILES string of the molecule is Cc1cccc2c1oc1ccc(-c3c4ccccc4c(-c4ccc5c(c4)C(C)(C)c4ccccc4-5)c4ccccc34)cc12. The van der Waals surface area contributed by atoms with Gasteiger partial charge in [-0.05, 0) is 96.7 Å². The molecule has 0 radical (unpaired) electrons. The molecule has 0 aliphatic heterocycles. The average molecular weight is 551 g/mol. The van der Waals surface area contributed by atoms with Crippen LogP contribution in [0.15, 0.2) is 132 Å². The van der Waals surface area contributed by atoms with Gasteiger partial charge in [0.25, 0.3) is 0 Å². The first-order valence-electron chi connectivity index (χ1n) is 15.1. The second-order valence-electron chi connectivity index (χ2n) is 12.5. The van der Waals surface area contributed by atoms with E-state index in [0.717, 1.165) is 22.1 Å². The highest BCUT2D eigenvalue weighted by atomic mass is 16.3. The zero-order chi connectivity index (χ0) is 28.9. The molecule has 0 N–H and O–H groups in total. The van der Waals surface area contributed by atoms with Crippen molar-refractivity contribution in [3.05, 3.63) is 144 Å². The Kier molecular flexibility index (Phi) is 4.94. The van der Waals surface area contributed by atoms with Gasteiger partial charge in [0.1, 0.15) is 11.2 Å². The molecule has 7 aromatic carbocycles. The lowest BCUT2D eigenvalue weighted by Crippen LogP contribution is -2.14. The summed E-state index contributed by atoms with van der Waals surface area (Å²) in [6, 6.07) is 46.9. The number of hydrogen-bond acceptors (Lipinski definition) is 1. The van der Waals surface area contributed by atoms with Gasteiger partial charge >= 0.3 is 0 Å². The van der Waals surface area contributed by atoms with Crippen molar-refractivity contribution in [1.29, 1.82) is 0 Å². The molecule has 204 valence electrons. The molecule has 0 fully saturated rings. The molecule has 0 amide bonds. The van der Waals surface area contributed by atoms with Gasteiger partial charge in [0.15, 0.2) is 0 Å². The molecule has 0 bridgehead atoms.